The Balaban J connectivity index is 0.00000272. The first-order valence-corrected chi connectivity index (χ1v) is 9.63. The Morgan fingerprint density at radius 1 is 1.23 bits per heavy atom. The summed E-state index contributed by atoms with van der Waals surface area (Å²) in [4.78, 5) is 29.3. The van der Waals surface area contributed by atoms with Crippen LogP contribution in [0.5, 0.6) is 0 Å². The highest BCUT2D eigenvalue weighted by Crippen LogP contribution is 2.39. The van der Waals surface area contributed by atoms with Crippen LogP contribution < -0.4 is 10.2 Å². The van der Waals surface area contributed by atoms with E-state index in [-0.39, 0.29) is 30.7 Å². The molecule has 1 amide bonds. The van der Waals surface area contributed by atoms with Crippen LogP contribution in [0.2, 0.25) is 0 Å². The van der Waals surface area contributed by atoms with E-state index in [9.17, 15) is 18.0 Å². The van der Waals surface area contributed by atoms with E-state index in [1.165, 1.54) is 6.07 Å². The lowest BCUT2D eigenvalue weighted by molar-refractivity contribution is -0.144. The molecule has 0 aliphatic carbocycles. The lowest BCUT2D eigenvalue weighted by Crippen LogP contribution is -2.34. The number of carbonyl (C=O) groups is 1. The molecule has 1 unspecified atom stereocenters. The number of rotatable bonds is 3. The van der Waals surface area contributed by atoms with Gasteiger partial charge in [-0.1, -0.05) is 0 Å². The molecule has 4 heterocycles. The van der Waals surface area contributed by atoms with Crippen molar-refractivity contribution < 1.29 is 22.7 Å². The Morgan fingerprint density at radius 2 is 1.94 bits per heavy atom. The highest BCUT2D eigenvalue weighted by molar-refractivity contribution is 5.89. The van der Waals surface area contributed by atoms with Gasteiger partial charge in [0.1, 0.15) is 11.6 Å². The number of nitrogens with one attached hydrogen (secondary N) is 1. The zero-order valence-corrected chi connectivity index (χ0v) is 17.8. The summed E-state index contributed by atoms with van der Waals surface area (Å²) in [6.45, 7) is 5.22. The molecule has 31 heavy (non-hydrogen) atoms. The number of alkyl halides is 3. The van der Waals surface area contributed by atoms with Crippen LogP contribution >= 0.6 is 12.4 Å². The second-order valence-corrected chi connectivity index (χ2v) is 7.66. The van der Waals surface area contributed by atoms with Crippen molar-refractivity contribution in [1.29, 1.82) is 0 Å². The van der Waals surface area contributed by atoms with Gasteiger partial charge in [-0.2, -0.15) is 13.2 Å². The third kappa shape index (κ3) is 4.57. The molecule has 0 saturated carbocycles. The van der Waals surface area contributed by atoms with Crippen LogP contribution in [0, 0.1) is 6.92 Å². The third-order valence-corrected chi connectivity index (χ3v) is 5.40. The molecule has 0 radical (unpaired) electrons. The van der Waals surface area contributed by atoms with Gasteiger partial charge < -0.3 is 10.1 Å². The molecular weight excluding hydrogens is 437 g/mol. The van der Waals surface area contributed by atoms with Gasteiger partial charge in [-0.05, 0) is 45.8 Å². The molecule has 4 rings (SSSR count). The number of aromatic nitrogens is 4. The van der Waals surface area contributed by atoms with Gasteiger partial charge >= 0.3 is 12.3 Å². The quantitative estimate of drug-likeness (QED) is 0.753. The summed E-state index contributed by atoms with van der Waals surface area (Å²) in [6.07, 6.45) is -1.09. The van der Waals surface area contributed by atoms with Crippen molar-refractivity contribution in [3.05, 3.63) is 41.4 Å². The number of amides is 1. The van der Waals surface area contributed by atoms with Gasteiger partial charge in [0.15, 0.2) is 5.60 Å². The highest BCUT2D eigenvalue weighted by atomic mass is 35.5. The van der Waals surface area contributed by atoms with Crippen LogP contribution in [-0.2, 0) is 16.5 Å². The number of hydrogen-bond donors (Lipinski definition) is 1. The van der Waals surface area contributed by atoms with Gasteiger partial charge in [0, 0.05) is 23.9 Å². The van der Waals surface area contributed by atoms with Crippen molar-refractivity contribution in [2.45, 2.75) is 44.4 Å². The van der Waals surface area contributed by atoms with E-state index >= 15 is 0 Å². The fraction of sp³-hybridized carbons (Fsp3) is 0.526. The average molecular weight is 459 g/mol. The molecular formula is C19H22ClF3N6O2. The van der Waals surface area contributed by atoms with Crippen LogP contribution in [0.15, 0.2) is 18.5 Å². The van der Waals surface area contributed by atoms with E-state index < -0.39 is 23.7 Å². The van der Waals surface area contributed by atoms with Crippen LogP contribution in [0.1, 0.15) is 48.6 Å². The number of nitrogens with zero attached hydrogens (tertiary/aromatic N) is 5. The molecule has 8 nitrogen and oxygen atoms in total. The van der Waals surface area contributed by atoms with Crippen LogP contribution in [0.3, 0.4) is 0 Å². The van der Waals surface area contributed by atoms with E-state index in [0.717, 1.165) is 42.7 Å². The van der Waals surface area contributed by atoms with Gasteiger partial charge in [0.2, 0.25) is 5.82 Å². The van der Waals surface area contributed by atoms with Crippen LogP contribution in [-0.4, -0.2) is 45.7 Å². The number of cyclic esters (lactones) is 1. The Morgan fingerprint density at radius 3 is 2.61 bits per heavy atom. The standard InChI is InChI=1S/C19H21F3N6O2.ClH/c1-11-25-9-13(15(26-11)12-3-6-23-7-4-12)18(2)10-28(17(29)30-18)14-5-8-24-16(27-14)19(20,21)22;/h5,8-9,12,23H,3-4,6-7,10H2,1-2H3;1H. The Labute approximate surface area is 183 Å². The molecule has 0 spiro atoms. The van der Waals surface area contributed by atoms with Crippen molar-refractivity contribution in [2.75, 3.05) is 24.5 Å². The molecule has 1 atom stereocenters. The van der Waals surface area contributed by atoms with Gasteiger partial charge in [-0.25, -0.2) is 24.7 Å². The minimum absolute atomic E-state index is 0. The molecule has 2 saturated heterocycles. The monoisotopic (exact) mass is 458 g/mol. The summed E-state index contributed by atoms with van der Waals surface area (Å²) in [5.74, 6) is -0.677. The number of hydrogen-bond acceptors (Lipinski definition) is 7. The molecule has 0 bridgehead atoms. The second-order valence-electron chi connectivity index (χ2n) is 7.66. The van der Waals surface area contributed by atoms with E-state index in [1.807, 2.05) is 0 Å². The molecule has 2 fully saturated rings. The molecule has 12 heteroatoms. The topological polar surface area (TPSA) is 93.1 Å². The minimum Gasteiger partial charge on any atom is -0.436 e. The fourth-order valence-electron chi connectivity index (χ4n) is 3.90. The predicted molar refractivity (Wildman–Crippen MR) is 107 cm³/mol. The van der Waals surface area contributed by atoms with E-state index in [1.54, 1.807) is 20.0 Å². The minimum atomic E-state index is -4.71. The molecule has 2 aliphatic rings. The molecule has 0 aromatic carbocycles. The Bertz CT molecular complexity index is 970. The first kappa shape index (κ1) is 23.1. The lowest BCUT2D eigenvalue weighted by atomic mass is 9.86. The molecule has 2 aliphatic heterocycles. The number of halogens is 4. The summed E-state index contributed by atoms with van der Waals surface area (Å²) >= 11 is 0. The van der Waals surface area contributed by atoms with Gasteiger partial charge in [-0.3, -0.25) is 4.90 Å². The van der Waals surface area contributed by atoms with Crippen molar-refractivity contribution >= 4 is 24.3 Å². The predicted octanol–water partition coefficient (Wildman–Crippen LogP) is 3.35. The largest absolute Gasteiger partial charge is 0.451 e. The number of anilines is 1. The zero-order valence-electron chi connectivity index (χ0n) is 16.9. The maximum atomic E-state index is 13.0. The first-order chi connectivity index (χ1) is 14.2. The summed E-state index contributed by atoms with van der Waals surface area (Å²) in [6, 6.07) is 1.25. The van der Waals surface area contributed by atoms with Gasteiger partial charge in [0.05, 0.1) is 12.2 Å². The summed E-state index contributed by atoms with van der Waals surface area (Å²) in [5.41, 5.74) is 0.370. The summed E-state index contributed by atoms with van der Waals surface area (Å²) < 4.78 is 44.6. The van der Waals surface area contributed by atoms with Gasteiger partial charge in [-0.15, -0.1) is 12.4 Å². The molecule has 2 aromatic heterocycles. The number of aryl methyl sites for hydroxylation is 1. The van der Waals surface area contributed by atoms with Crippen molar-refractivity contribution in [3.63, 3.8) is 0 Å². The zero-order chi connectivity index (χ0) is 21.5. The maximum absolute atomic E-state index is 13.0. The summed E-state index contributed by atoms with van der Waals surface area (Å²) in [7, 11) is 0. The Kier molecular flexibility index (Phi) is 6.38. The van der Waals surface area contributed by atoms with Gasteiger partial charge in [0.25, 0.3) is 0 Å². The maximum Gasteiger partial charge on any atom is 0.451 e. The van der Waals surface area contributed by atoms with Crippen LogP contribution in [0.25, 0.3) is 0 Å². The average Bonchev–Trinajstić information content (AvgIpc) is 3.03. The van der Waals surface area contributed by atoms with Crippen molar-refractivity contribution in [1.82, 2.24) is 25.3 Å². The smallest absolute Gasteiger partial charge is 0.436 e. The van der Waals surface area contributed by atoms with E-state index in [0.29, 0.717) is 11.4 Å². The summed E-state index contributed by atoms with van der Waals surface area (Å²) in [5, 5.41) is 3.31. The highest BCUT2D eigenvalue weighted by Gasteiger charge is 2.47. The van der Waals surface area contributed by atoms with Crippen LogP contribution in [0.4, 0.5) is 23.8 Å². The molecule has 2 aromatic rings. The first-order valence-electron chi connectivity index (χ1n) is 9.63. The van der Waals surface area contributed by atoms with E-state index in [2.05, 4.69) is 25.3 Å². The number of carbonyl (C=O) groups excluding carboxylic acids is 1. The van der Waals surface area contributed by atoms with E-state index in [4.69, 9.17) is 4.74 Å². The Hall–Kier alpha value is -2.53. The fourth-order valence-corrected chi connectivity index (χ4v) is 3.90. The SMILES string of the molecule is Cc1ncc(C2(C)CN(c3ccnc(C(F)(F)F)n3)C(=O)O2)c(C2CCNCC2)n1.Cl. The second kappa shape index (κ2) is 8.54. The van der Waals surface area contributed by atoms with Crippen molar-refractivity contribution in [2.24, 2.45) is 0 Å². The number of ether oxygens (including phenoxy) is 1. The molecule has 168 valence electrons. The van der Waals surface area contributed by atoms with Crippen molar-refractivity contribution in [3.8, 4) is 0 Å². The molecule has 1 N–H and O–H groups in total. The normalized spacial score (nSPS) is 22.2. The lowest BCUT2D eigenvalue weighted by Gasteiger charge is -2.29. The number of piperidine rings is 1. The third-order valence-electron chi connectivity index (χ3n) is 5.40.